The molecule has 0 saturated carbocycles. The predicted molar refractivity (Wildman–Crippen MR) is 72.3 cm³/mol. The van der Waals surface area contributed by atoms with Gasteiger partial charge in [-0.1, -0.05) is 18.2 Å². The number of amides is 2. The lowest BCUT2D eigenvalue weighted by atomic mass is 10.1. The highest BCUT2D eigenvalue weighted by Crippen LogP contribution is 2.32. The number of aliphatic carboxylic acids is 1. The van der Waals surface area contributed by atoms with Crippen LogP contribution in [0.3, 0.4) is 0 Å². The fourth-order valence-electron chi connectivity index (χ4n) is 2.36. The second-order valence-electron chi connectivity index (χ2n) is 4.96. The first-order chi connectivity index (χ1) is 8.93. The molecule has 5 nitrogen and oxygen atoms in total. The molecule has 102 valence electrons. The second kappa shape index (κ2) is 4.91. The molecule has 1 heterocycles. The Morgan fingerprint density at radius 1 is 1.42 bits per heavy atom. The van der Waals surface area contributed by atoms with E-state index in [2.05, 4.69) is 0 Å². The molecule has 2 rings (SSSR count). The SMILES string of the molecule is CC(C(=O)O)N(C)C(=O)N1c2ccccc2CC1C. The normalized spacial score (nSPS) is 18.9. The minimum absolute atomic E-state index is 0.0494. The third-order valence-electron chi connectivity index (χ3n) is 3.65. The summed E-state index contributed by atoms with van der Waals surface area (Å²) in [6.07, 6.45) is 0.803. The summed E-state index contributed by atoms with van der Waals surface area (Å²) in [5.74, 6) is -1.00. The van der Waals surface area contributed by atoms with Gasteiger partial charge in [0.15, 0.2) is 0 Å². The molecule has 1 aromatic rings. The zero-order valence-corrected chi connectivity index (χ0v) is 11.3. The van der Waals surface area contributed by atoms with E-state index in [1.54, 1.807) is 4.90 Å². The lowest BCUT2D eigenvalue weighted by Gasteiger charge is -2.30. The van der Waals surface area contributed by atoms with Crippen LogP contribution in [0.25, 0.3) is 0 Å². The Morgan fingerprint density at radius 3 is 2.68 bits per heavy atom. The van der Waals surface area contributed by atoms with Crippen LogP contribution in [0.2, 0.25) is 0 Å². The van der Waals surface area contributed by atoms with Crippen LogP contribution < -0.4 is 4.90 Å². The number of carboxylic acids is 1. The monoisotopic (exact) mass is 262 g/mol. The molecule has 0 saturated heterocycles. The maximum absolute atomic E-state index is 12.5. The number of likely N-dealkylation sites (N-methyl/N-ethyl adjacent to an activating group) is 1. The number of nitrogens with zero attached hydrogens (tertiary/aromatic N) is 2. The van der Waals surface area contributed by atoms with Crippen LogP contribution in [0, 0.1) is 0 Å². The number of benzene rings is 1. The largest absolute Gasteiger partial charge is 0.480 e. The van der Waals surface area contributed by atoms with Crippen molar-refractivity contribution in [3.8, 4) is 0 Å². The molecule has 1 aromatic carbocycles. The first-order valence-corrected chi connectivity index (χ1v) is 6.30. The molecular formula is C14H18N2O3. The van der Waals surface area contributed by atoms with Crippen LogP contribution in [0.15, 0.2) is 24.3 Å². The summed E-state index contributed by atoms with van der Waals surface area (Å²) in [6, 6.07) is 6.67. The number of carboxylic acid groups (broad SMARTS) is 1. The van der Waals surface area contributed by atoms with Crippen molar-refractivity contribution in [1.82, 2.24) is 4.90 Å². The van der Waals surface area contributed by atoms with E-state index in [0.717, 1.165) is 17.7 Å². The van der Waals surface area contributed by atoms with Crippen LogP contribution in [-0.2, 0) is 11.2 Å². The van der Waals surface area contributed by atoms with E-state index >= 15 is 0 Å². The Balaban J connectivity index is 2.27. The standard InChI is InChI=1S/C14H18N2O3/c1-9-8-11-6-4-5-7-12(11)16(9)14(19)15(3)10(2)13(17)18/h4-7,9-10H,8H2,1-3H3,(H,17,18). The van der Waals surface area contributed by atoms with Crippen molar-refractivity contribution in [2.75, 3.05) is 11.9 Å². The first-order valence-electron chi connectivity index (χ1n) is 6.30. The predicted octanol–water partition coefficient (Wildman–Crippen LogP) is 1.96. The highest BCUT2D eigenvalue weighted by Gasteiger charge is 2.34. The molecule has 0 aromatic heterocycles. The zero-order chi connectivity index (χ0) is 14.2. The van der Waals surface area contributed by atoms with Gasteiger partial charge in [-0.2, -0.15) is 0 Å². The number of hydrogen-bond acceptors (Lipinski definition) is 2. The molecule has 2 amide bonds. The summed E-state index contributed by atoms with van der Waals surface area (Å²) in [4.78, 5) is 26.4. The smallest absolute Gasteiger partial charge is 0.326 e. The molecule has 1 aliphatic rings. The molecule has 0 radical (unpaired) electrons. The molecule has 2 atom stereocenters. The fourth-order valence-corrected chi connectivity index (χ4v) is 2.36. The summed E-state index contributed by atoms with van der Waals surface area (Å²) in [5, 5.41) is 8.99. The number of anilines is 1. The number of fused-ring (bicyclic) bond motifs is 1. The number of carbonyl (C=O) groups excluding carboxylic acids is 1. The van der Waals surface area contributed by atoms with Gasteiger partial charge in [0.25, 0.3) is 0 Å². The fraction of sp³-hybridized carbons (Fsp3) is 0.429. The van der Waals surface area contributed by atoms with Crippen molar-refractivity contribution in [3.05, 3.63) is 29.8 Å². The van der Waals surface area contributed by atoms with Crippen LogP contribution in [-0.4, -0.2) is 41.1 Å². The zero-order valence-electron chi connectivity index (χ0n) is 11.3. The van der Waals surface area contributed by atoms with E-state index in [1.807, 2.05) is 31.2 Å². The van der Waals surface area contributed by atoms with E-state index < -0.39 is 12.0 Å². The Hall–Kier alpha value is -2.04. The quantitative estimate of drug-likeness (QED) is 0.886. The van der Waals surface area contributed by atoms with Crippen molar-refractivity contribution in [1.29, 1.82) is 0 Å². The van der Waals surface area contributed by atoms with E-state index in [4.69, 9.17) is 5.11 Å². The van der Waals surface area contributed by atoms with Gasteiger partial charge in [-0.25, -0.2) is 9.59 Å². The van der Waals surface area contributed by atoms with E-state index in [0.29, 0.717) is 0 Å². The average Bonchev–Trinajstić information content (AvgIpc) is 2.71. The number of rotatable bonds is 2. The van der Waals surface area contributed by atoms with Crippen molar-refractivity contribution < 1.29 is 14.7 Å². The van der Waals surface area contributed by atoms with Gasteiger partial charge in [0, 0.05) is 18.8 Å². The van der Waals surface area contributed by atoms with Gasteiger partial charge in [-0.3, -0.25) is 4.90 Å². The maximum Gasteiger partial charge on any atom is 0.326 e. The summed E-state index contributed by atoms with van der Waals surface area (Å²) in [7, 11) is 1.52. The molecule has 1 N–H and O–H groups in total. The van der Waals surface area contributed by atoms with Gasteiger partial charge in [-0.15, -0.1) is 0 Å². The Labute approximate surface area is 112 Å². The Kier molecular flexibility index (Phi) is 3.46. The molecule has 2 unspecified atom stereocenters. The Morgan fingerprint density at radius 2 is 2.05 bits per heavy atom. The van der Waals surface area contributed by atoms with Gasteiger partial charge < -0.3 is 10.0 Å². The van der Waals surface area contributed by atoms with Gasteiger partial charge in [0.05, 0.1) is 0 Å². The van der Waals surface area contributed by atoms with Crippen molar-refractivity contribution in [2.24, 2.45) is 0 Å². The number of urea groups is 1. The second-order valence-corrected chi connectivity index (χ2v) is 4.96. The van der Waals surface area contributed by atoms with E-state index in [1.165, 1.54) is 18.9 Å². The number of carbonyl (C=O) groups is 2. The van der Waals surface area contributed by atoms with Gasteiger partial charge in [-0.05, 0) is 31.9 Å². The number of para-hydroxylation sites is 1. The lowest BCUT2D eigenvalue weighted by Crippen LogP contribution is -2.49. The molecule has 0 bridgehead atoms. The molecule has 1 aliphatic heterocycles. The minimum atomic E-state index is -1.00. The lowest BCUT2D eigenvalue weighted by molar-refractivity contribution is -0.141. The molecule has 0 aliphatic carbocycles. The average molecular weight is 262 g/mol. The molecule has 5 heteroatoms. The molecule has 19 heavy (non-hydrogen) atoms. The van der Waals surface area contributed by atoms with Crippen LogP contribution >= 0.6 is 0 Å². The summed E-state index contributed by atoms with van der Waals surface area (Å²) in [5.41, 5.74) is 2.00. The molecule has 0 spiro atoms. The van der Waals surface area contributed by atoms with Crippen molar-refractivity contribution >= 4 is 17.7 Å². The third-order valence-corrected chi connectivity index (χ3v) is 3.65. The minimum Gasteiger partial charge on any atom is -0.480 e. The number of hydrogen-bond donors (Lipinski definition) is 1. The van der Waals surface area contributed by atoms with Gasteiger partial charge in [0.1, 0.15) is 6.04 Å². The first kappa shape index (κ1) is 13.4. The highest BCUT2D eigenvalue weighted by atomic mass is 16.4. The molecule has 0 fully saturated rings. The van der Waals surface area contributed by atoms with E-state index in [9.17, 15) is 9.59 Å². The summed E-state index contributed by atoms with van der Waals surface area (Å²) < 4.78 is 0. The highest BCUT2D eigenvalue weighted by molar-refractivity contribution is 5.96. The van der Waals surface area contributed by atoms with Crippen molar-refractivity contribution in [2.45, 2.75) is 32.4 Å². The van der Waals surface area contributed by atoms with Crippen LogP contribution in [0.1, 0.15) is 19.4 Å². The van der Waals surface area contributed by atoms with Crippen molar-refractivity contribution in [3.63, 3.8) is 0 Å². The van der Waals surface area contributed by atoms with Crippen LogP contribution in [0.5, 0.6) is 0 Å². The third kappa shape index (κ3) is 2.28. The summed E-state index contributed by atoms with van der Waals surface area (Å²) in [6.45, 7) is 3.48. The van der Waals surface area contributed by atoms with Gasteiger partial charge >= 0.3 is 12.0 Å². The van der Waals surface area contributed by atoms with E-state index in [-0.39, 0.29) is 12.1 Å². The van der Waals surface area contributed by atoms with Gasteiger partial charge in [0.2, 0.25) is 0 Å². The molecular weight excluding hydrogens is 244 g/mol. The Bertz CT molecular complexity index is 515. The van der Waals surface area contributed by atoms with Crippen LogP contribution in [0.4, 0.5) is 10.5 Å². The topological polar surface area (TPSA) is 60.9 Å². The summed E-state index contributed by atoms with van der Waals surface area (Å²) >= 11 is 0. The maximum atomic E-state index is 12.5.